The quantitative estimate of drug-likeness (QED) is 0.0850. The Balaban J connectivity index is 0.804. The number of cyclic esters (lactones) is 1. The largest absolute Gasteiger partial charge is 0.469 e. The SMILES string of the molecule is C[C@@H]1[C@H]([C@@H]2C=C3C[C@H]4CC5(CCCC5)C[C@]45C[C@@H]4C[C@]6(C)[C@]78O[C@@H]7C(=O)O[C@@]67c6c(coc6C[C@@H]([C@H]6CC[C@H]9[C@H](C=CN%10CNC[C@H]9%10)C6)[C@H](O)CO)CC[C@H]7C#C[C@H]6CC[C@H](Cc7ccccc7)C[C@H]6[C@]86[C@H](O)C(=O)[C@@H]7[C@@]2(C)O[C@]32[C@H]5C(=O)OC[C@@]72[C@@H]46)C=C[C@@H]2CCC[C@@H]12. The van der Waals surface area contributed by atoms with E-state index in [0.29, 0.717) is 73.5 Å². The van der Waals surface area contributed by atoms with Crippen molar-refractivity contribution in [1.82, 2.24) is 10.2 Å². The number of rotatable bonds is 8. The van der Waals surface area contributed by atoms with Crippen molar-refractivity contribution in [1.29, 1.82) is 0 Å². The summed E-state index contributed by atoms with van der Waals surface area (Å²) in [5, 5.41) is 42.4. The number of hydrogen-bond donors (Lipinski definition) is 4. The first-order valence-electron chi connectivity index (χ1n) is 38.0. The summed E-state index contributed by atoms with van der Waals surface area (Å²) >= 11 is 0. The van der Waals surface area contributed by atoms with Crippen LogP contribution in [0.2, 0.25) is 0 Å². The number of carbonyl (C=O) groups is 3. The van der Waals surface area contributed by atoms with Gasteiger partial charge in [-0.3, -0.25) is 14.9 Å². The van der Waals surface area contributed by atoms with Crippen LogP contribution in [0.4, 0.5) is 0 Å². The van der Waals surface area contributed by atoms with E-state index in [4.69, 9.17) is 23.4 Å². The molecular formula is C81H98N2O11. The first-order valence-corrected chi connectivity index (χ1v) is 38.0. The second-order valence-electron chi connectivity index (χ2n) is 36.2. The highest BCUT2D eigenvalue weighted by Gasteiger charge is 3.00. The number of nitrogens with zero attached hydrogens (tertiary/aromatic N) is 1. The molecule has 1 aromatic heterocycles. The van der Waals surface area contributed by atoms with Crippen molar-refractivity contribution >= 4 is 17.7 Å². The zero-order valence-corrected chi connectivity index (χ0v) is 55.5. The number of epoxide rings is 1. The van der Waals surface area contributed by atoms with Crippen molar-refractivity contribution in [2.75, 3.05) is 26.4 Å². The summed E-state index contributed by atoms with van der Waals surface area (Å²) in [6, 6.07) is 11.3. The molecule has 13 heteroatoms. The molecule has 0 amide bonds. The molecule has 9 saturated carbocycles. The molecule has 0 radical (unpaired) electrons. The van der Waals surface area contributed by atoms with E-state index < -0.39 is 97.9 Å². The van der Waals surface area contributed by atoms with Crippen molar-refractivity contribution in [3.8, 4) is 11.8 Å². The fourth-order valence-corrected chi connectivity index (χ4v) is 30.9. The van der Waals surface area contributed by atoms with Gasteiger partial charge in [0, 0.05) is 47.2 Å². The molecule has 21 rings (SSSR count). The van der Waals surface area contributed by atoms with Crippen LogP contribution in [0.5, 0.6) is 0 Å². The van der Waals surface area contributed by atoms with Crippen molar-refractivity contribution in [3.05, 3.63) is 95.1 Å². The minimum atomic E-state index is -1.58. The Morgan fingerprint density at radius 3 is 2.59 bits per heavy atom. The lowest BCUT2D eigenvalue weighted by Crippen LogP contribution is -2.84. The van der Waals surface area contributed by atoms with E-state index >= 15 is 19.5 Å². The monoisotopic (exact) mass is 1270 g/mol. The summed E-state index contributed by atoms with van der Waals surface area (Å²) < 4.78 is 38.7. The van der Waals surface area contributed by atoms with E-state index in [-0.39, 0.29) is 77.7 Å². The number of benzene rings is 1. The number of furan rings is 1. The number of nitrogens with one attached hydrogen (secondary N) is 1. The molecule has 13 nitrogen and oxygen atoms in total. The molecule has 4 N–H and O–H groups in total. The second-order valence-corrected chi connectivity index (χ2v) is 36.2. The van der Waals surface area contributed by atoms with Gasteiger partial charge in [0.15, 0.2) is 17.5 Å². The Morgan fingerprint density at radius 1 is 0.872 bits per heavy atom. The molecule has 0 unspecified atom stereocenters. The number of aliphatic hydroxyl groups is 3. The van der Waals surface area contributed by atoms with Gasteiger partial charge in [0.1, 0.15) is 29.7 Å². The molecule has 2 aromatic rings. The van der Waals surface area contributed by atoms with Crippen LogP contribution in [0.1, 0.15) is 165 Å². The highest BCUT2D eigenvalue weighted by Crippen LogP contribution is 2.92. The Kier molecular flexibility index (Phi) is 12.0. The zero-order valence-electron chi connectivity index (χ0n) is 55.5. The van der Waals surface area contributed by atoms with E-state index in [9.17, 15) is 10.2 Å². The van der Waals surface area contributed by atoms with Gasteiger partial charge in [-0.1, -0.05) is 99.6 Å². The highest BCUT2D eigenvalue weighted by atomic mass is 16.7. The normalized spacial score (nSPS) is 53.4. The predicted octanol–water partition coefficient (Wildman–Crippen LogP) is 10.8. The van der Waals surface area contributed by atoms with Gasteiger partial charge < -0.3 is 43.6 Å². The number of esters is 2. The van der Waals surface area contributed by atoms with Gasteiger partial charge in [-0.05, 0) is 233 Å². The second kappa shape index (κ2) is 19.3. The standard InChI is InChI=1S/C81H98N2O11/c1-43-55-13-9-12-46(55)18-22-56(43)60-32-53-31-54-36-75(25-7-8-26-75)40-76(54)35-51-34-73(2)79-52(21-17-50-39-90-63(64(50)79)33-58(62(85)38-84)48-19-23-57-49(30-48)24-27-83-42-82-37-61(57)83)20-16-47-15-14-45(28-44-10-5-4-6-11-44)29-59(47)78(81(73)70(92-81)72(89)93-79)66(51)77-41-91-71(88)68(76)80(53,77)94-74(60,3)67(77)65(86)69(78)87/h4-6,10-11,18,22,24,27,32,39,43,45-49,51-52,54-62,66-70,82,84-85,87H,7-9,12-15,17,19,21,23,25-26,28-31,33-38,40-42H2,1-3H3/t43-,45+,46-,47+,48-,49+,51-,52+,54-,55-,56+,57-,58-,59+,60-,61+,62+,66+,67+,68-,69+,70+,73-,74-,76+,77+,78-,79-,80-,81+/m0/s1. The number of allylic oxidation sites excluding steroid dienone is 3. The van der Waals surface area contributed by atoms with Gasteiger partial charge >= 0.3 is 11.9 Å². The van der Waals surface area contributed by atoms with Crippen LogP contribution in [-0.4, -0.2) is 106 Å². The lowest BCUT2D eigenvalue weighted by Gasteiger charge is -2.74. The molecule has 14 fully saturated rings. The van der Waals surface area contributed by atoms with Crippen molar-refractivity contribution in [3.63, 3.8) is 0 Å². The Hall–Kier alpha value is -4.55. The van der Waals surface area contributed by atoms with Gasteiger partial charge in [-0.15, -0.1) is 0 Å². The molecule has 7 spiro atoms. The predicted molar refractivity (Wildman–Crippen MR) is 346 cm³/mol. The summed E-state index contributed by atoms with van der Waals surface area (Å²) in [6.45, 7) is 8.56. The molecule has 30 atom stereocenters. The number of ketones is 1. The van der Waals surface area contributed by atoms with Crippen molar-refractivity contribution < 1.29 is 53.1 Å². The Morgan fingerprint density at radius 2 is 1.73 bits per heavy atom. The summed E-state index contributed by atoms with van der Waals surface area (Å²) in [5.74, 6) is 6.99. The van der Waals surface area contributed by atoms with Crippen LogP contribution < -0.4 is 5.32 Å². The number of aliphatic hydroxyl groups excluding tert-OH is 3. The van der Waals surface area contributed by atoms with Gasteiger partial charge in [0.25, 0.3) is 0 Å². The molecule has 9 bridgehead atoms. The van der Waals surface area contributed by atoms with E-state index in [2.05, 4.69) is 104 Å². The van der Waals surface area contributed by atoms with E-state index in [1.807, 2.05) is 6.26 Å². The van der Waals surface area contributed by atoms with E-state index in [0.717, 1.165) is 101 Å². The molecule has 94 heavy (non-hydrogen) atoms. The minimum Gasteiger partial charge on any atom is -0.469 e. The van der Waals surface area contributed by atoms with Crippen LogP contribution in [0.25, 0.3) is 0 Å². The summed E-state index contributed by atoms with van der Waals surface area (Å²) in [5.41, 5.74) is -5.09. The topological polar surface area (TPSA) is 181 Å². The smallest absolute Gasteiger partial charge is 0.339 e. The summed E-state index contributed by atoms with van der Waals surface area (Å²) in [6.07, 6.45) is 30.6. The fourth-order valence-electron chi connectivity index (χ4n) is 30.9. The third-order valence-corrected chi connectivity index (χ3v) is 33.5. The number of carbonyl (C=O) groups excluding carboxylic acids is 3. The summed E-state index contributed by atoms with van der Waals surface area (Å²) in [7, 11) is 0. The molecule has 12 aliphatic carbocycles. The molecule has 8 heterocycles. The fraction of sp³-hybridized carbons (Fsp3) is 0.741. The van der Waals surface area contributed by atoms with Crippen LogP contribution in [0.15, 0.2) is 77.1 Å². The zero-order chi connectivity index (χ0) is 63.2. The lowest BCUT2D eigenvalue weighted by atomic mass is 9.28. The molecular weight excluding hydrogens is 1180 g/mol. The maximum absolute atomic E-state index is 18.0. The van der Waals surface area contributed by atoms with Crippen molar-refractivity contribution in [2.45, 2.75) is 209 Å². The number of fused-ring (bicyclic) bond motifs is 8. The number of ether oxygens (including phenoxy) is 4. The lowest BCUT2D eigenvalue weighted by molar-refractivity contribution is -0.320. The van der Waals surface area contributed by atoms with E-state index in [1.54, 1.807) is 0 Å². The summed E-state index contributed by atoms with van der Waals surface area (Å²) in [4.78, 5) is 53.4. The first kappa shape index (κ1) is 58.4. The average molecular weight is 1280 g/mol. The van der Waals surface area contributed by atoms with Gasteiger partial charge in [0.2, 0.25) is 0 Å². The molecule has 5 saturated heterocycles. The maximum atomic E-state index is 18.0. The minimum absolute atomic E-state index is 0.0197. The number of aryl methyl sites for hydroxylation is 1. The van der Waals surface area contributed by atoms with E-state index in [1.165, 1.54) is 43.2 Å². The first-order chi connectivity index (χ1) is 45.5. The molecule has 7 aliphatic heterocycles. The number of Topliss-reactive ketones (excluding diaryl/α,β-unsaturated/α-hetero) is 1. The van der Waals surface area contributed by atoms with Gasteiger partial charge in [-0.2, -0.15) is 0 Å². The van der Waals surface area contributed by atoms with Crippen LogP contribution >= 0.6 is 0 Å². The van der Waals surface area contributed by atoms with Gasteiger partial charge in [-0.25, -0.2) is 4.79 Å². The highest BCUT2D eigenvalue weighted by molar-refractivity contribution is 5.94. The van der Waals surface area contributed by atoms with Crippen LogP contribution in [-0.2, 0) is 58.2 Å². The van der Waals surface area contributed by atoms with Crippen molar-refractivity contribution in [2.24, 2.45) is 134 Å². The Bertz CT molecular complexity index is 3760. The average Bonchev–Trinajstić information content (AvgIpc) is 1.41. The van der Waals surface area contributed by atoms with Crippen LogP contribution in [0.3, 0.4) is 0 Å². The van der Waals surface area contributed by atoms with Crippen LogP contribution in [0, 0.1) is 145 Å². The third-order valence-electron chi connectivity index (χ3n) is 33.5. The Labute approximate surface area is 554 Å². The third kappa shape index (κ3) is 6.61. The molecule has 19 aliphatic rings. The molecule has 1 aromatic carbocycles. The molecule has 498 valence electrons. The van der Waals surface area contributed by atoms with Gasteiger partial charge in [0.05, 0.1) is 54.4 Å². The number of hydrogen-bond acceptors (Lipinski definition) is 13. The maximum Gasteiger partial charge on any atom is 0.339 e.